The number of para-hydroxylation sites is 2. The van der Waals surface area contributed by atoms with Gasteiger partial charge in [0.25, 0.3) is 0 Å². The molecule has 0 spiro atoms. The van der Waals surface area contributed by atoms with Crippen molar-refractivity contribution in [2.75, 3.05) is 52.5 Å². The van der Waals surface area contributed by atoms with Gasteiger partial charge in [-0.05, 0) is 47.9 Å². The van der Waals surface area contributed by atoms with E-state index in [9.17, 15) is 9.59 Å². The molecule has 2 aromatic heterocycles. The Morgan fingerprint density at radius 2 is 0.879 bits per heavy atom. The minimum absolute atomic E-state index is 0.503. The molecule has 0 bridgehead atoms. The Morgan fingerprint density at radius 3 is 1.29 bits per heavy atom. The maximum Gasteiger partial charge on any atom is 0.418 e. The summed E-state index contributed by atoms with van der Waals surface area (Å²) in [5, 5.41) is 3.78. The highest BCUT2D eigenvalue weighted by Gasteiger charge is 2.46. The van der Waals surface area contributed by atoms with Crippen LogP contribution in [-0.2, 0) is 30.3 Å². The fourth-order valence-corrected chi connectivity index (χ4v) is 8.52. The van der Waals surface area contributed by atoms with Gasteiger partial charge in [0.05, 0.1) is 13.2 Å². The number of nitrogens with zero attached hydrogens (tertiary/aromatic N) is 4. The third-order valence-electron chi connectivity index (χ3n) is 11.6. The lowest BCUT2D eigenvalue weighted by Crippen LogP contribution is -2.49. The maximum absolute atomic E-state index is 14.2. The van der Waals surface area contributed by atoms with Crippen molar-refractivity contribution >= 4 is 33.5 Å². The Balaban J connectivity index is 0.982. The third kappa shape index (κ3) is 8.98. The molecule has 58 heavy (non-hydrogen) atoms. The van der Waals surface area contributed by atoms with Gasteiger partial charge >= 0.3 is 11.9 Å². The summed E-state index contributed by atoms with van der Waals surface area (Å²) in [4.78, 5) is 42.3. The standard InChI is InChI=1S/C48H50N4O6/c53-45(57-47(43-35-49-33-37-13-7-9-19-41(37)43)21-27-51(28-22-47)25-11-31-55-39-15-3-1-4-16-39)46(54)58-48(44-36-50-34-38-14-8-10-20-42(38)44)23-29-52(30-24-48)26-12-32-56-40-17-5-2-6-18-40/h1-10,13-20,33-36H,11-12,21-32H2. The van der Waals surface area contributed by atoms with Crippen molar-refractivity contribution in [1.82, 2.24) is 19.8 Å². The van der Waals surface area contributed by atoms with Gasteiger partial charge in [0.2, 0.25) is 0 Å². The van der Waals surface area contributed by atoms with E-state index >= 15 is 0 Å². The summed E-state index contributed by atoms with van der Waals surface area (Å²) < 4.78 is 24.8. The highest BCUT2D eigenvalue weighted by Crippen LogP contribution is 2.43. The number of hydrogen-bond acceptors (Lipinski definition) is 10. The van der Waals surface area contributed by atoms with Crippen molar-refractivity contribution in [2.45, 2.75) is 49.7 Å². The van der Waals surface area contributed by atoms with Crippen LogP contribution in [0.3, 0.4) is 0 Å². The summed E-state index contributed by atoms with van der Waals surface area (Å²) in [5.74, 6) is -0.274. The SMILES string of the molecule is O=C(OC1(c2cncc3ccccc23)CCN(CCCOc2ccccc2)CC1)C(=O)OC1(c2cncc3ccccc23)CCN(CCCOc2ccccc2)CC1. The molecule has 4 heterocycles. The molecule has 2 aliphatic heterocycles. The highest BCUT2D eigenvalue weighted by molar-refractivity contribution is 6.30. The normalized spacial score (nSPS) is 16.8. The first-order chi connectivity index (χ1) is 28.5. The first-order valence-electron chi connectivity index (χ1n) is 20.4. The number of aromatic nitrogens is 2. The molecule has 0 aliphatic carbocycles. The number of piperidine rings is 2. The molecule has 2 aliphatic rings. The van der Waals surface area contributed by atoms with E-state index in [2.05, 4.69) is 19.8 Å². The Labute approximate surface area is 339 Å². The van der Waals surface area contributed by atoms with Crippen molar-refractivity contribution in [3.05, 3.63) is 145 Å². The Kier molecular flexibility index (Phi) is 12.2. The van der Waals surface area contributed by atoms with E-state index in [-0.39, 0.29) is 0 Å². The average Bonchev–Trinajstić information content (AvgIpc) is 3.28. The lowest BCUT2D eigenvalue weighted by Gasteiger charge is -2.43. The van der Waals surface area contributed by atoms with Crippen molar-refractivity contribution in [1.29, 1.82) is 0 Å². The second-order valence-electron chi connectivity index (χ2n) is 15.3. The molecule has 2 fully saturated rings. The van der Waals surface area contributed by atoms with Crippen molar-refractivity contribution in [3.8, 4) is 11.5 Å². The van der Waals surface area contributed by atoms with Gasteiger partial charge in [0, 0.05) is 112 Å². The molecule has 10 heteroatoms. The van der Waals surface area contributed by atoms with E-state index in [0.717, 1.165) is 70.1 Å². The molecule has 8 rings (SSSR count). The number of rotatable bonds is 14. The molecular formula is C48H50N4O6. The predicted octanol–water partition coefficient (Wildman–Crippen LogP) is 8.09. The first kappa shape index (κ1) is 39.0. The molecule has 10 nitrogen and oxygen atoms in total. The molecule has 2 saturated heterocycles. The fraction of sp³-hybridized carbons (Fsp3) is 0.333. The van der Waals surface area contributed by atoms with Gasteiger partial charge in [-0.1, -0.05) is 84.9 Å². The molecule has 4 aromatic carbocycles. The molecule has 298 valence electrons. The summed E-state index contributed by atoms with van der Waals surface area (Å²) in [6, 6.07) is 35.6. The van der Waals surface area contributed by atoms with Crippen LogP contribution in [0.2, 0.25) is 0 Å². The van der Waals surface area contributed by atoms with Crippen LogP contribution >= 0.6 is 0 Å². The summed E-state index contributed by atoms with van der Waals surface area (Å²) in [7, 11) is 0. The molecule has 6 aromatic rings. The lowest BCUT2D eigenvalue weighted by atomic mass is 9.82. The van der Waals surface area contributed by atoms with Crippen molar-refractivity contribution in [2.24, 2.45) is 0 Å². The van der Waals surface area contributed by atoms with Crippen molar-refractivity contribution in [3.63, 3.8) is 0 Å². The monoisotopic (exact) mass is 778 g/mol. The van der Waals surface area contributed by atoms with E-state index < -0.39 is 23.1 Å². The Bertz CT molecular complexity index is 2120. The number of benzene rings is 4. The van der Waals surface area contributed by atoms with Gasteiger partial charge in [-0.15, -0.1) is 0 Å². The zero-order valence-electron chi connectivity index (χ0n) is 32.8. The third-order valence-corrected chi connectivity index (χ3v) is 11.6. The van der Waals surface area contributed by atoms with Crippen LogP contribution in [-0.4, -0.2) is 84.2 Å². The van der Waals surface area contributed by atoms with Gasteiger partial charge < -0.3 is 28.7 Å². The number of pyridine rings is 2. The van der Waals surface area contributed by atoms with E-state index in [1.807, 2.05) is 122 Å². The van der Waals surface area contributed by atoms with Crippen molar-refractivity contribution < 1.29 is 28.5 Å². The Hall–Kier alpha value is -5.84. The van der Waals surface area contributed by atoms with Gasteiger partial charge in [0.15, 0.2) is 0 Å². The van der Waals surface area contributed by atoms with Crippen LogP contribution < -0.4 is 9.47 Å². The average molecular weight is 779 g/mol. The number of hydrogen-bond donors (Lipinski definition) is 0. The van der Waals surface area contributed by atoms with Crippen LogP contribution in [0.15, 0.2) is 134 Å². The summed E-state index contributed by atoms with van der Waals surface area (Å²) in [6.45, 7) is 5.59. The van der Waals surface area contributed by atoms with Crippen LogP contribution in [0.1, 0.15) is 49.7 Å². The molecular weight excluding hydrogens is 729 g/mol. The fourth-order valence-electron chi connectivity index (χ4n) is 8.52. The minimum atomic E-state index is -1.07. The topological polar surface area (TPSA) is 103 Å². The van der Waals surface area contributed by atoms with E-state index in [4.69, 9.17) is 18.9 Å². The largest absolute Gasteiger partial charge is 0.494 e. The molecule has 0 radical (unpaired) electrons. The minimum Gasteiger partial charge on any atom is -0.494 e. The summed E-state index contributed by atoms with van der Waals surface area (Å²) in [5.41, 5.74) is -0.534. The van der Waals surface area contributed by atoms with E-state index in [0.29, 0.717) is 65.1 Å². The quantitative estimate of drug-likeness (QED) is 0.0613. The number of ether oxygens (including phenoxy) is 4. The number of likely N-dealkylation sites (tertiary alicyclic amines) is 2. The van der Waals surface area contributed by atoms with Crippen LogP contribution in [0, 0.1) is 0 Å². The van der Waals surface area contributed by atoms with Gasteiger partial charge in [-0.2, -0.15) is 0 Å². The molecule has 0 unspecified atom stereocenters. The van der Waals surface area contributed by atoms with Crippen LogP contribution in [0.25, 0.3) is 21.5 Å². The van der Waals surface area contributed by atoms with E-state index in [1.54, 1.807) is 12.4 Å². The molecule has 0 N–H and O–H groups in total. The zero-order valence-corrected chi connectivity index (χ0v) is 32.8. The van der Waals surface area contributed by atoms with E-state index in [1.165, 1.54) is 0 Å². The van der Waals surface area contributed by atoms with Crippen LogP contribution in [0.5, 0.6) is 11.5 Å². The molecule has 0 atom stereocenters. The van der Waals surface area contributed by atoms with Gasteiger partial charge in [0.1, 0.15) is 22.7 Å². The lowest BCUT2D eigenvalue weighted by molar-refractivity contribution is -0.193. The smallest absolute Gasteiger partial charge is 0.418 e. The Morgan fingerprint density at radius 1 is 0.500 bits per heavy atom. The maximum atomic E-state index is 14.2. The second-order valence-corrected chi connectivity index (χ2v) is 15.3. The number of esters is 2. The van der Waals surface area contributed by atoms with Crippen LogP contribution in [0.4, 0.5) is 0 Å². The second kappa shape index (κ2) is 18.2. The van der Waals surface area contributed by atoms with Gasteiger partial charge in [-0.3, -0.25) is 9.97 Å². The first-order valence-corrected chi connectivity index (χ1v) is 20.4. The number of carbonyl (C=O) groups excluding carboxylic acids is 2. The number of fused-ring (bicyclic) bond motifs is 2. The summed E-state index contributed by atoms with van der Waals surface area (Å²) >= 11 is 0. The number of carbonyl (C=O) groups is 2. The van der Waals surface area contributed by atoms with Gasteiger partial charge in [-0.25, -0.2) is 9.59 Å². The predicted molar refractivity (Wildman–Crippen MR) is 223 cm³/mol. The molecule has 0 saturated carbocycles. The highest BCUT2D eigenvalue weighted by atomic mass is 16.6. The zero-order chi connectivity index (χ0) is 39.6. The summed E-state index contributed by atoms with van der Waals surface area (Å²) in [6.07, 6.45) is 10.9. The molecule has 0 amide bonds.